The van der Waals surface area contributed by atoms with Crippen molar-refractivity contribution in [3.63, 3.8) is 0 Å². The van der Waals surface area contributed by atoms with Gasteiger partial charge in [0.25, 0.3) is 5.56 Å². The first-order valence-corrected chi connectivity index (χ1v) is 8.92. The Kier molecular flexibility index (Phi) is 8.09. The van der Waals surface area contributed by atoms with Crippen molar-refractivity contribution in [2.75, 3.05) is 40.0 Å². The molecule has 1 saturated heterocycles. The van der Waals surface area contributed by atoms with Crippen LogP contribution in [0.3, 0.4) is 0 Å². The summed E-state index contributed by atoms with van der Waals surface area (Å²) in [6.07, 6.45) is -0.762. The predicted octanol–water partition coefficient (Wildman–Crippen LogP) is 2.16. The van der Waals surface area contributed by atoms with E-state index >= 15 is 0 Å². The summed E-state index contributed by atoms with van der Waals surface area (Å²) in [6, 6.07) is 6.70. The van der Waals surface area contributed by atoms with Gasteiger partial charge in [-0.25, -0.2) is 4.79 Å². The molecular weight excluding hydrogens is 411 g/mol. The van der Waals surface area contributed by atoms with Crippen LogP contribution < -0.4 is 5.56 Å². The van der Waals surface area contributed by atoms with Gasteiger partial charge in [-0.05, 0) is 24.3 Å². The van der Waals surface area contributed by atoms with Gasteiger partial charge in [-0.15, -0.1) is 12.4 Å². The molecule has 2 atom stereocenters. The highest BCUT2D eigenvalue weighted by Crippen LogP contribution is 2.23. The van der Waals surface area contributed by atoms with Gasteiger partial charge in [0.1, 0.15) is 6.10 Å². The van der Waals surface area contributed by atoms with Crippen molar-refractivity contribution in [1.82, 2.24) is 9.64 Å². The maximum absolute atomic E-state index is 12.4. The van der Waals surface area contributed by atoms with Gasteiger partial charge in [-0.1, -0.05) is 11.6 Å². The number of rotatable bonds is 7. The molecule has 0 amide bonds. The minimum Gasteiger partial charge on any atom is -0.480 e. The first-order chi connectivity index (χ1) is 13.0. The van der Waals surface area contributed by atoms with Crippen LogP contribution in [-0.2, 0) is 14.3 Å². The normalized spacial score (nSPS) is 16.9. The molecule has 1 aromatic carbocycles. The summed E-state index contributed by atoms with van der Waals surface area (Å²) in [5.74, 6) is -0.932. The second-order valence-corrected chi connectivity index (χ2v) is 6.68. The third kappa shape index (κ3) is 5.15. The SMILES string of the molecule is COC(CN1CCOCC1)C(C(=O)O)n1oc(-c2ccc(Cl)cc2)cc1=O.Cl. The molecule has 0 bridgehead atoms. The zero-order valence-corrected chi connectivity index (χ0v) is 16.8. The molecule has 0 aliphatic carbocycles. The molecule has 0 spiro atoms. The molecule has 28 heavy (non-hydrogen) atoms. The zero-order valence-electron chi connectivity index (χ0n) is 15.2. The number of aliphatic carboxylic acids is 1. The van der Waals surface area contributed by atoms with E-state index in [1.807, 2.05) is 4.90 Å². The van der Waals surface area contributed by atoms with E-state index in [1.165, 1.54) is 13.2 Å². The maximum atomic E-state index is 12.4. The number of hydrogen-bond acceptors (Lipinski definition) is 6. The topological polar surface area (TPSA) is 94.1 Å². The number of morpholine rings is 1. The Morgan fingerprint density at radius 3 is 2.50 bits per heavy atom. The summed E-state index contributed by atoms with van der Waals surface area (Å²) < 4.78 is 17.2. The van der Waals surface area contributed by atoms with Crippen LogP contribution in [0.4, 0.5) is 0 Å². The van der Waals surface area contributed by atoms with Gasteiger partial charge < -0.3 is 19.1 Å². The highest BCUT2D eigenvalue weighted by atomic mass is 35.5. The summed E-state index contributed by atoms with van der Waals surface area (Å²) >= 11 is 5.88. The van der Waals surface area contributed by atoms with E-state index in [0.717, 1.165) is 4.74 Å². The van der Waals surface area contributed by atoms with E-state index in [-0.39, 0.29) is 18.2 Å². The van der Waals surface area contributed by atoms with Crippen molar-refractivity contribution >= 4 is 30.0 Å². The Labute approximate surface area is 173 Å². The number of halogens is 2. The Hall–Kier alpha value is -1.84. The van der Waals surface area contributed by atoms with E-state index in [9.17, 15) is 14.7 Å². The van der Waals surface area contributed by atoms with E-state index in [4.69, 9.17) is 25.6 Å². The first kappa shape index (κ1) is 22.4. The molecule has 154 valence electrons. The number of methoxy groups -OCH3 is 1. The molecule has 0 radical (unpaired) electrons. The van der Waals surface area contributed by atoms with E-state index in [2.05, 4.69) is 0 Å². The molecular formula is C18H22Cl2N2O6. The quantitative estimate of drug-likeness (QED) is 0.715. The monoisotopic (exact) mass is 432 g/mol. The molecule has 2 heterocycles. The number of benzene rings is 1. The fourth-order valence-electron chi connectivity index (χ4n) is 3.05. The van der Waals surface area contributed by atoms with Crippen LogP contribution in [0.2, 0.25) is 5.02 Å². The van der Waals surface area contributed by atoms with Crippen molar-refractivity contribution in [3.8, 4) is 11.3 Å². The average Bonchev–Trinajstić information content (AvgIpc) is 3.03. The molecule has 2 unspecified atom stereocenters. The lowest BCUT2D eigenvalue weighted by Crippen LogP contribution is -2.47. The molecule has 3 rings (SSSR count). The predicted molar refractivity (Wildman–Crippen MR) is 105 cm³/mol. The highest BCUT2D eigenvalue weighted by molar-refractivity contribution is 6.30. The zero-order chi connectivity index (χ0) is 19.4. The lowest BCUT2D eigenvalue weighted by atomic mass is 10.1. The molecule has 1 N–H and O–H groups in total. The molecule has 2 aromatic rings. The van der Waals surface area contributed by atoms with Crippen LogP contribution in [0.15, 0.2) is 39.6 Å². The van der Waals surface area contributed by atoms with Crippen LogP contribution in [0, 0.1) is 0 Å². The maximum Gasteiger partial charge on any atom is 0.332 e. The number of aromatic nitrogens is 1. The lowest BCUT2D eigenvalue weighted by Gasteiger charge is -2.31. The van der Waals surface area contributed by atoms with Crippen LogP contribution in [-0.4, -0.2) is 66.8 Å². The summed E-state index contributed by atoms with van der Waals surface area (Å²) in [5.41, 5.74) is 0.0814. The first-order valence-electron chi connectivity index (χ1n) is 8.54. The van der Waals surface area contributed by atoms with Crippen molar-refractivity contribution in [2.24, 2.45) is 0 Å². The van der Waals surface area contributed by atoms with Crippen LogP contribution in [0.1, 0.15) is 6.04 Å². The Morgan fingerprint density at radius 1 is 1.29 bits per heavy atom. The van der Waals surface area contributed by atoms with Crippen molar-refractivity contribution < 1.29 is 23.9 Å². The number of nitrogens with zero attached hydrogens (tertiary/aromatic N) is 2. The molecule has 8 nitrogen and oxygen atoms in total. The third-order valence-electron chi connectivity index (χ3n) is 4.50. The Balaban J connectivity index is 0.00000280. The number of hydrogen-bond donors (Lipinski definition) is 1. The van der Waals surface area contributed by atoms with Gasteiger partial charge >= 0.3 is 5.97 Å². The van der Waals surface area contributed by atoms with Gasteiger partial charge in [0.05, 0.1) is 19.3 Å². The average molecular weight is 433 g/mol. The molecule has 1 aromatic heterocycles. The summed E-state index contributed by atoms with van der Waals surface area (Å²) in [5, 5.41) is 10.3. The fraction of sp³-hybridized carbons (Fsp3) is 0.444. The third-order valence-corrected chi connectivity index (χ3v) is 4.75. The largest absolute Gasteiger partial charge is 0.480 e. The lowest BCUT2D eigenvalue weighted by molar-refractivity contribution is -0.149. The molecule has 1 aliphatic heterocycles. The number of ether oxygens (including phenoxy) is 2. The summed E-state index contributed by atoms with van der Waals surface area (Å²) in [7, 11) is 1.43. The summed E-state index contributed by atoms with van der Waals surface area (Å²) in [6.45, 7) is 2.86. The van der Waals surface area contributed by atoms with E-state index in [1.54, 1.807) is 24.3 Å². The molecule has 0 saturated carbocycles. The van der Waals surface area contributed by atoms with Gasteiger partial charge in [0, 0.05) is 37.3 Å². The number of carboxylic acids is 1. The van der Waals surface area contributed by atoms with Crippen molar-refractivity contribution in [1.29, 1.82) is 0 Å². The van der Waals surface area contributed by atoms with Crippen LogP contribution in [0.25, 0.3) is 11.3 Å². The number of carboxylic acid groups (broad SMARTS) is 1. The minimum atomic E-state index is -1.29. The van der Waals surface area contributed by atoms with Crippen molar-refractivity contribution in [2.45, 2.75) is 12.1 Å². The fourth-order valence-corrected chi connectivity index (χ4v) is 3.17. The minimum absolute atomic E-state index is 0. The summed E-state index contributed by atoms with van der Waals surface area (Å²) in [4.78, 5) is 26.4. The highest BCUT2D eigenvalue weighted by Gasteiger charge is 2.35. The Bertz CT molecular complexity index is 829. The molecule has 10 heteroatoms. The second-order valence-electron chi connectivity index (χ2n) is 6.24. The van der Waals surface area contributed by atoms with Crippen LogP contribution in [0.5, 0.6) is 0 Å². The van der Waals surface area contributed by atoms with E-state index in [0.29, 0.717) is 43.4 Å². The van der Waals surface area contributed by atoms with Gasteiger partial charge in [0.2, 0.25) is 0 Å². The Morgan fingerprint density at radius 2 is 1.93 bits per heavy atom. The van der Waals surface area contributed by atoms with Crippen molar-refractivity contribution in [3.05, 3.63) is 45.7 Å². The van der Waals surface area contributed by atoms with Crippen LogP contribution >= 0.6 is 24.0 Å². The van der Waals surface area contributed by atoms with Gasteiger partial charge in [-0.3, -0.25) is 9.69 Å². The number of carbonyl (C=O) groups is 1. The van der Waals surface area contributed by atoms with Gasteiger partial charge in [0.15, 0.2) is 11.8 Å². The molecule has 1 aliphatic rings. The second kappa shape index (κ2) is 10.1. The smallest absolute Gasteiger partial charge is 0.332 e. The standard InChI is InChI=1S/C18H21ClN2O6.ClH/c1-25-15(11-20-6-8-26-9-7-20)17(18(23)24)21-16(22)10-14(27-21)12-2-4-13(19)5-3-12;/h2-5,10,15,17H,6-9,11H2,1H3,(H,23,24);1H. The van der Waals surface area contributed by atoms with Gasteiger partial charge in [-0.2, -0.15) is 4.74 Å². The molecule has 1 fully saturated rings. The van der Waals surface area contributed by atoms with E-state index < -0.39 is 23.7 Å².